The van der Waals surface area contributed by atoms with Gasteiger partial charge in [-0.1, -0.05) is 6.07 Å². The Bertz CT molecular complexity index is 372. The van der Waals surface area contributed by atoms with Gasteiger partial charge in [-0.25, -0.2) is 4.39 Å². The van der Waals surface area contributed by atoms with Crippen LogP contribution in [0.3, 0.4) is 0 Å². The fourth-order valence-corrected chi connectivity index (χ4v) is 2.38. The summed E-state index contributed by atoms with van der Waals surface area (Å²) in [5.41, 5.74) is 1.95. The van der Waals surface area contributed by atoms with Gasteiger partial charge in [0.15, 0.2) is 11.6 Å². The molecule has 0 aromatic heterocycles. The number of aryl methyl sites for hydroxylation is 1. The number of benzene rings is 1. The third-order valence-electron chi connectivity index (χ3n) is 3.14. The summed E-state index contributed by atoms with van der Waals surface area (Å²) in [6.07, 6.45) is 2.06. The van der Waals surface area contributed by atoms with E-state index < -0.39 is 0 Å². The molecule has 1 aliphatic heterocycles. The summed E-state index contributed by atoms with van der Waals surface area (Å²) >= 11 is 0. The lowest BCUT2D eigenvalue weighted by atomic mass is 9.96. The minimum atomic E-state index is -0.247. The Hall–Kier alpha value is -1.09. The van der Waals surface area contributed by atoms with Gasteiger partial charge in [-0.3, -0.25) is 0 Å². The number of hydrogen-bond acceptors (Lipinski definition) is 2. The number of hydrogen-bond donors (Lipinski definition) is 1. The molecule has 1 atom stereocenters. The van der Waals surface area contributed by atoms with Crippen molar-refractivity contribution in [3.63, 3.8) is 0 Å². The zero-order valence-corrected chi connectivity index (χ0v) is 9.85. The Morgan fingerprint density at radius 2 is 2.31 bits per heavy atom. The molecule has 3 heteroatoms. The van der Waals surface area contributed by atoms with Gasteiger partial charge in [0.2, 0.25) is 0 Å². The van der Waals surface area contributed by atoms with Gasteiger partial charge in [-0.05, 0) is 56.0 Å². The normalized spacial score (nSPS) is 20.1. The summed E-state index contributed by atoms with van der Waals surface area (Å²) in [5.74, 6) is 0.774. The van der Waals surface area contributed by atoms with Gasteiger partial charge in [0, 0.05) is 0 Å². The van der Waals surface area contributed by atoms with E-state index in [4.69, 9.17) is 4.74 Å². The van der Waals surface area contributed by atoms with Gasteiger partial charge in [0.05, 0.1) is 7.11 Å². The third-order valence-corrected chi connectivity index (χ3v) is 3.14. The number of methoxy groups -OCH3 is 1. The molecule has 0 bridgehead atoms. The Morgan fingerprint density at radius 3 is 2.94 bits per heavy atom. The van der Waals surface area contributed by atoms with Crippen molar-refractivity contribution in [2.45, 2.75) is 19.8 Å². The molecule has 1 fully saturated rings. The van der Waals surface area contributed by atoms with E-state index in [-0.39, 0.29) is 5.82 Å². The second-order valence-electron chi connectivity index (χ2n) is 4.50. The molecule has 1 aliphatic rings. The predicted molar refractivity (Wildman–Crippen MR) is 62.4 cm³/mol. The SMILES string of the molecule is COc1c(F)cc(C)cc1CC1CCNC1. The van der Waals surface area contributed by atoms with Crippen molar-refractivity contribution in [1.29, 1.82) is 0 Å². The highest BCUT2D eigenvalue weighted by Gasteiger charge is 2.18. The van der Waals surface area contributed by atoms with Crippen molar-refractivity contribution < 1.29 is 9.13 Å². The zero-order chi connectivity index (χ0) is 11.5. The first-order chi connectivity index (χ1) is 7.70. The molecule has 1 N–H and O–H groups in total. The molecule has 1 aromatic rings. The maximum absolute atomic E-state index is 13.6. The molecule has 0 spiro atoms. The molecule has 1 unspecified atom stereocenters. The van der Waals surface area contributed by atoms with Crippen molar-refractivity contribution in [1.82, 2.24) is 5.32 Å². The van der Waals surface area contributed by atoms with Crippen molar-refractivity contribution >= 4 is 0 Å². The van der Waals surface area contributed by atoms with E-state index >= 15 is 0 Å². The first-order valence-corrected chi connectivity index (χ1v) is 5.74. The van der Waals surface area contributed by atoms with Crippen LogP contribution >= 0.6 is 0 Å². The summed E-state index contributed by atoms with van der Waals surface area (Å²) in [4.78, 5) is 0. The lowest BCUT2D eigenvalue weighted by molar-refractivity contribution is 0.377. The first kappa shape index (κ1) is 11.4. The van der Waals surface area contributed by atoms with E-state index in [1.807, 2.05) is 13.0 Å². The van der Waals surface area contributed by atoms with Crippen molar-refractivity contribution in [3.8, 4) is 5.75 Å². The highest BCUT2D eigenvalue weighted by atomic mass is 19.1. The number of rotatable bonds is 3. The maximum Gasteiger partial charge on any atom is 0.165 e. The standard InChI is InChI=1S/C13H18FNO/c1-9-5-11(7-10-3-4-15-8-10)13(16-2)12(14)6-9/h5-6,10,15H,3-4,7-8H2,1-2H3. The average Bonchev–Trinajstić information content (AvgIpc) is 2.70. The van der Waals surface area contributed by atoms with E-state index in [1.54, 1.807) is 0 Å². The Kier molecular flexibility index (Phi) is 3.44. The Balaban J connectivity index is 2.23. The summed E-state index contributed by atoms with van der Waals surface area (Å²) in [6.45, 7) is 4.01. The van der Waals surface area contributed by atoms with E-state index in [2.05, 4.69) is 5.32 Å². The van der Waals surface area contributed by atoms with Gasteiger partial charge in [-0.15, -0.1) is 0 Å². The van der Waals surface area contributed by atoms with Crippen LogP contribution in [0.4, 0.5) is 4.39 Å². The Morgan fingerprint density at radius 1 is 1.50 bits per heavy atom. The minimum absolute atomic E-state index is 0.247. The molecule has 2 rings (SSSR count). The molecule has 1 aromatic carbocycles. The fourth-order valence-electron chi connectivity index (χ4n) is 2.38. The quantitative estimate of drug-likeness (QED) is 0.849. The van der Waals surface area contributed by atoms with Gasteiger partial charge < -0.3 is 10.1 Å². The van der Waals surface area contributed by atoms with Gasteiger partial charge in [0.1, 0.15) is 0 Å². The van der Waals surface area contributed by atoms with Crippen LogP contribution in [-0.4, -0.2) is 20.2 Å². The largest absolute Gasteiger partial charge is 0.493 e. The lowest BCUT2D eigenvalue weighted by Crippen LogP contribution is -2.11. The van der Waals surface area contributed by atoms with Crippen LogP contribution in [-0.2, 0) is 6.42 Å². The highest BCUT2D eigenvalue weighted by molar-refractivity contribution is 5.38. The van der Waals surface area contributed by atoms with Crippen LogP contribution in [0.15, 0.2) is 12.1 Å². The van der Waals surface area contributed by atoms with Gasteiger partial charge in [-0.2, -0.15) is 0 Å². The van der Waals surface area contributed by atoms with E-state index in [0.29, 0.717) is 11.7 Å². The third kappa shape index (κ3) is 2.35. The van der Waals surface area contributed by atoms with E-state index in [0.717, 1.165) is 30.6 Å². The second-order valence-corrected chi connectivity index (χ2v) is 4.50. The summed E-state index contributed by atoms with van der Waals surface area (Å²) in [6, 6.07) is 3.55. The maximum atomic E-state index is 13.6. The second kappa shape index (κ2) is 4.83. The number of nitrogens with one attached hydrogen (secondary N) is 1. The summed E-state index contributed by atoms with van der Waals surface area (Å²) in [5, 5.41) is 3.32. The summed E-state index contributed by atoms with van der Waals surface area (Å²) in [7, 11) is 1.53. The van der Waals surface area contributed by atoms with E-state index in [1.165, 1.54) is 19.6 Å². The topological polar surface area (TPSA) is 21.3 Å². The first-order valence-electron chi connectivity index (χ1n) is 5.74. The van der Waals surface area contributed by atoms with Crippen molar-refractivity contribution in [2.24, 2.45) is 5.92 Å². The molecule has 1 heterocycles. The Labute approximate surface area is 95.8 Å². The monoisotopic (exact) mass is 223 g/mol. The van der Waals surface area contributed by atoms with Crippen LogP contribution in [0.25, 0.3) is 0 Å². The molecule has 1 saturated heterocycles. The molecule has 0 amide bonds. The van der Waals surface area contributed by atoms with Crippen LogP contribution in [0, 0.1) is 18.7 Å². The lowest BCUT2D eigenvalue weighted by Gasteiger charge is -2.14. The van der Waals surface area contributed by atoms with E-state index in [9.17, 15) is 4.39 Å². The fraction of sp³-hybridized carbons (Fsp3) is 0.538. The summed E-state index contributed by atoms with van der Waals surface area (Å²) < 4.78 is 18.8. The van der Waals surface area contributed by atoms with Gasteiger partial charge >= 0.3 is 0 Å². The average molecular weight is 223 g/mol. The van der Waals surface area contributed by atoms with Gasteiger partial charge in [0.25, 0.3) is 0 Å². The smallest absolute Gasteiger partial charge is 0.165 e. The number of halogens is 1. The van der Waals surface area contributed by atoms with Crippen LogP contribution in [0.5, 0.6) is 5.75 Å². The molecule has 0 radical (unpaired) electrons. The predicted octanol–water partition coefficient (Wildman–Crippen LogP) is 2.29. The van der Waals surface area contributed by atoms with Crippen LogP contribution in [0.2, 0.25) is 0 Å². The van der Waals surface area contributed by atoms with Crippen LogP contribution < -0.4 is 10.1 Å². The molecular weight excluding hydrogens is 205 g/mol. The molecule has 0 aliphatic carbocycles. The number of ether oxygens (including phenoxy) is 1. The zero-order valence-electron chi connectivity index (χ0n) is 9.85. The molecular formula is C13H18FNO. The highest BCUT2D eigenvalue weighted by Crippen LogP contribution is 2.28. The van der Waals surface area contributed by atoms with Crippen LogP contribution in [0.1, 0.15) is 17.5 Å². The molecule has 88 valence electrons. The minimum Gasteiger partial charge on any atom is -0.493 e. The molecule has 0 saturated carbocycles. The van der Waals surface area contributed by atoms with Crippen molar-refractivity contribution in [3.05, 3.63) is 29.1 Å². The molecule has 2 nitrogen and oxygen atoms in total. The van der Waals surface area contributed by atoms with Crippen molar-refractivity contribution in [2.75, 3.05) is 20.2 Å². The molecule has 16 heavy (non-hydrogen) atoms.